The molecule has 0 bridgehead atoms. The lowest BCUT2D eigenvalue weighted by Crippen LogP contribution is -2.18. The molecule has 0 radical (unpaired) electrons. The van der Waals surface area contributed by atoms with Gasteiger partial charge in [-0.1, -0.05) is 36.4 Å². The van der Waals surface area contributed by atoms with E-state index in [1.807, 2.05) is 23.0 Å². The fourth-order valence-corrected chi connectivity index (χ4v) is 3.55. The van der Waals surface area contributed by atoms with E-state index >= 15 is 0 Å². The Bertz CT molecular complexity index is 1260. The molecule has 33 heavy (non-hydrogen) atoms. The lowest BCUT2D eigenvalue weighted by molar-refractivity contribution is -0.137. The molecule has 10 heteroatoms. The maximum absolute atomic E-state index is 12.9. The van der Waals surface area contributed by atoms with E-state index in [1.165, 1.54) is 17.2 Å². The molecule has 0 spiro atoms. The number of benzene rings is 2. The summed E-state index contributed by atoms with van der Waals surface area (Å²) in [5, 5.41) is 15.0. The molecule has 2 heterocycles. The molecule has 2 N–H and O–H groups in total. The van der Waals surface area contributed by atoms with Crippen molar-refractivity contribution in [2.24, 2.45) is 0 Å². The summed E-state index contributed by atoms with van der Waals surface area (Å²) in [5.41, 5.74) is 3.55. The Morgan fingerprint density at radius 2 is 1.55 bits per heavy atom. The van der Waals surface area contributed by atoms with Gasteiger partial charge in [-0.25, -0.2) is 0 Å². The van der Waals surface area contributed by atoms with Gasteiger partial charge in [-0.2, -0.15) is 23.4 Å². The predicted molar refractivity (Wildman–Crippen MR) is 125 cm³/mol. The smallest absolute Gasteiger partial charge is 0.330 e. The molecule has 0 unspecified atom stereocenters. The molecule has 170 valence electrons. The first-order valence-corrected chi connectivity index (χ1v) is 10.5. The Labute approximate surface area is 194 Å². The standard InChI is InChI=1S/C23H21F3N6S/c1-16-5-2-3-7-18(16)13-32-15-21(11-28-32)30-22(33)29-20-10-27-31(14-20)12-17-6-4-8-19(9-17)23(24,25)26/h2-11,14-15H,12-13H2,1H3,(H2,29,30,33). The third kappa shape index (κ3) is 5.98. The first-order valence-electron chi connectivity index (χ1n) is 10.1. The van der Waals surface area contributed by atoms with Gasteiger partial charge in [0.15, 0.2) is 5.11 Å². The van der Waals surface area contributed by atoms with Crippen LogP contribution in [-0.2, 0) is 19.3 Å². The number of thiocarbonyl (C=S) groups is 1. The molecule has 0 atom stereocenters. The lowest BCUT2D eigenvalue weighted by atomic mass is 10.1. The second-order valence-electron chi connectivity index (χ2n) is 7.56. The van der Waals surface area contributed by atoms with Crippen LogP contribution in [0.5, 0.6) is 0 Å². The monoisotopic (exact) mass is 470 g/mol. The van der Waals surface area contributed by atoms with Crippen LogP contribution >= 0.6 is 12.2 Å². The van der Waals surface area contributed by atoms with E-state index in [2.05, 4.69) is 39.9 Å². The van der Waals surface area contributed by atoms with Crippen molar-refractivity contribution >= 4 is 28.7 Å². The maximum Gasteiger partial charge on any atom is 0.416 e. The molecule has 0 fully saturated rings. The van der Waals surface area contributed by atoms with Crippen LogP contribution in [0.25, 0.3) is 0 Å². The molecular formula is C23H21F3N6S. The summed E-state index contributed by atoms with van der Waals surface area (Å²) in [7, 11) is 0. The normalized spacial score (nSPS) is 11.4. The van der Waals surface area contributed by atoms with Crippen molar-refractivity contribution in [2.75, 3.05) is 10.6 Å². The fraction of sp³-hybridized carbons (Fsp3) is 0.174. The lowest BCUT2D eigenvalue weighted by Gasteiger charge is -2.09. The van der Waals surface area contributed by atoms with Crippen LogP contribution in [-0.4, -0.2) is 24.7 Å². The second-order valence-corrected chi connectivity index (χ2v) is 7.97. The molecule has 0 saturated carbocycles. The zero-order valence-corrected chi connectivity index (χ0v) is 18.5. The van der Waals surface area contributed by atoms with Crippen LogP contribution in [0.1, 0.15) is 22.3 Å². The molecule has 6 nitrogen and oxygen atoms in total. The van der Waals surface area contributed by atoms with Gasteiger partial charge in [-0.15, -0.1) is 0 Å². The van der Waals surface area contributed by atoms with E-state index in [-0.39, 0.29) is 6.54 Å². The maximum atomic E-state index is 12.9. The molecule has 0 aliphatic heterocycles. The summed E-state index contributed by atoms with van der Waals surface area (Å²) in [6, 6.07) is 13.3. The molecule has 4 rings (SSSR count). The SMILES string of the molecule is Cc1ccccc1Cn1cc(NC(=S)Nc2cnn(Cc3cccc(C(F)(F)F)c3)c2)cn1. The summed E-state index contributed by atoms with van der Waals surface area (Å²) < 4.78 is 42.1. The number of anilines is 2. The van der Waals surface area contributed by atoms with Gasteiger partial charge in [0, 0.05) is 12.4 Å². The van der Waals surface area contributed by atoms with Gasteiger partial charge < -0.3 is 10.6 Å². The molecular weight excluding hydrogens is 449 g/mol. The minimum atomic E-state index is -4.38. The molecule has 0 aliphatic rings. The van der Waals surface area contributed by atoms with Crippen LogP contribution in [0.4, 0.5) is 24.5 Å². The van der Waals surface area contributed by atoms with Gasteiger partial charge in [0.2, 0.25) is 0 Å². The van der Waals surface area contributed by atoms with E-state index in [1.54, 1.807) is 29.3 Å². The third-order valence-corrected chi connectivity index (χ3v) is 5.18. The highest BCUT2D eigenvalue weighted by Gasteiger charge is 2.30. The summed E-state index contributed by atoms with van der Waals surface area (Å²) in [6.45, 7) is 2.92. The fourth-order valence-electron chi connectivity index (χ4n) is 3.32. The number of alkyl halides is 3. The number of hydrogen-bond acceptors (Lipinski definition) is 3. The van der Waals surface area contributed by atoms with E-state index in [9.17, 15) is 13.2 Å². The Morgan fingerprint density at radius 3 is 2.18 bits per heavy atom. The van der Waals surface area contributed by atoms with E-state index in [0.717, 1.165) is 17.8 Å². The summed E-state index contributed by atoms with van der Waals surface area (Å²) >= 11 is 5.35. The highest BCUT2D eigenvalue weighted by molar-refractivity contribution is 7.80. The number of aryl methyl sites for hydroxylation is 1. The van der Waals surface area contributed by atoms with Gasteiger partial charge in [-0.3, -0.25) is 9.36 Å². The molecule has 2 aromatic heterocycles. The van der Waals surface area contributed by atoms with Crippen molar-refractivity contribution in [3.05, 3.63) is 95.6 Å². The number of aromatic nitrogens is 4. The first-order chi connectivity index (χ1) is 15.8. The van der Waals surface area contributed by atoms with Crippen LogP contribution in [0.2, 0.25) is 0 Å². The molecule has 4 aromatic rings. The summed E-state index contributed by atoms with van der Waals surface area (Å²) in [5.74, 6) is 0. The van der Waals surface area contributed by atoms with Crippen LogP contribution in [0.3, 0.4) is 0 Å². The largest absolute Gasteiger partial charge is 0.416 e. The van der Waals surface area contributed by atoms with Gasteiger partial charge in [0.25, 0.3) is 0 Å². The Kier molecular flexibility index (Phi) is 6.45. The van der Waals surface area contributed by atoms with E-state index in [0.29, 0.717) is 22.9 Å². The number of nitrogens with one attached hydrogen (secondary N) is 2. The highest BCUT2D eigenvalue weighted by Crippen LogP contribution is 2.29. The van der Waals surface area contributed by atoms with Crippen molar-refractivity contribution < 1.29 is 13.2 Å². The molecule has 0 amide bonds. The predicted octanol–water partition coefficient (Wildman–Crippen LogP) is 5.31. The van der Waals surface area contributed by atoms with Gasteiger partial charge >= 0.3 is 6.18 Å². The minimum Gasteiger partial charge on any atom is -0.330 e. The summed E-state index contributed by atoms with van der Waals surface area (Å²) in [4.78, 5) is 0. The summed E-state index contributed by atoms with van der Waals surface area (Å²) in [6.07, 6.45) is 2.40. The van der Waals surface area contributed by atoms with Crippen LogP contribution in [0.15, 0.2) is 73.3 Å². The molecule has 2 aromatic carbocycles. The van der Waals surface area contributed by atoms with Gasteiger partial charge in [0.05, 0.1) is 42.4 Å². The second kappa shape index (κ2) is 9.45. The van der Waals surface area contributed by atoms with Gasteiger partial charge in [-0.05, 0) is 48.0 Å². The van der Waals surface area contributed by atoms with Crippen molar-refractivity contribution in [3.63, 3.8) is 0 Å². The number of rotatable bonds is 6. The zero-order valence-electron chi connectivity index (χ0n) is 17.7. The topological polar surface area (TPSA) is 59.7 Å². The third-order valence-electron chi connectivity index (χ3n) is 4.97. The van der Waals surface area contributed by atoms with Crippen molar-refractivity contribution in [1.82, 2.24) is 19.6 Å². The van der Waals surface area contributed by atoms with Crippen LogP contribution < -0.4 is 10.6 Å². The van der Waals surface area contributed by atoms with Crippen molar-refractivity contribution in [2.45, 2.75) is 26.2 Å². The molecule has 0 saturated heterocycles. The average Bonchev–Trinajstić information content (AvgIpc) is 3.38. The number of hydrogen-bond donors (Lipinski definition) is 2. The Balaban J connectivity index is 1.33. The number of halogens is 3. The zero-order chi connectivity index (χ0) is 23.4. The van der Waals surface area contributed by atoms with Crippen molar-refractivity contribution in [1.29, 1.82) is 0 Å². The van der Waals surface area contributed by atoms with E-state index in [4.69, 9.17) is 12.2 Å². The molecule has 0 aliphatic carbocycles. The Morgan fingerprint density at radius 1 is 0.909 bits per heavy atom. The van der Waals surface area contributed by atoms with Crippen LogP contribution in [0, 0.1) is 6.92 Å². The van der Waals surface area contributed by atoms with E-state index < -0.39 is 11.7 Å². The van der Waals surface area contributed by atoms with Crippen molar-refractivity contribution in [3.8, 4) is 0 Å². The Hall–Kier alpha value is -3.66. The first kappa shape index (κ1) is 22.5. The number of nitrogens with zero attached hydrogens (tertiary/aromatic N) is 4. The van der Waals surface area contributed by atoms with Gasteiger partial charge in [0.1, 0.15) is 0 Å². The highest BCUT2D eigenvalue weighted by atomic mass is 32.1. The quantitative estimate of drug-likeness (QED) is 0.374. The minimum absolute atomic E-state index is 0.206. The average molecular weight is 471 g/mol.